The van der Waals surface area contributed by atoms with Gasteiger partial charge in [0, 0.05) is 4.88 Å². The predicted octanol–water partition coefficient (Wildman–Crippen LogP) is 3.47. The van der Waals surface area contributed by atoms with Gasteiger partial charge in [0.2, 0.25) is 0 Å². The van der Waals surface area contributed by atoms with Gasteiger partial charge in [0.05, 0.1) is 0 Å². The quantitative estimate of drug-likeness (QED) is 0.881. The summed E-state index contributed by atoms with van der Waals surface area (Å²) in [4.78, 5) is 27.6. The molecule has 1 aromatic heterocycles. The van der Waals surface area contributed by atoms with Crippen molar-refractivity contribution in [2.75, 3.05) is 5.32 Å². The molecule has 0 saturated heterocycles. The lowest BCUT2D eigenvalue weighted by Crippen LogP contribution is -2.13. The number of amides is 1. The fourth-order valence-electron chi connectivity index (χ4n) is 2.01. The van der Waals surface area contributed by atoms with Gasteiger partial charge in [0.1, 0.15) is 6.61 Å². The second-order valence-electron chi connectivity index (χ2n) is 5.00. The number of thiazole rings is 1. The van der Waals surface area contributed by atoms with Crippen LogP contribution in [0.4, 0.5) is 9.93 Å². The number of carbonyl (C=O) groups is 2. The van der Waals surface area contributed by atoms with Gasteiger partial charge in [0.15, 0.2) is 10.8 Å². The Kier molecular flexibility index (Phi) is 4.06. The normalized spacial score (nSPS) is 13.6. The Hall–Kier alpha value is -2.41. The van der Waals surface area contributed by atoms with Crippen LogP contribution in [-0.4, -0.2) is 22.2 Å². The van der Waals surface area contributed by atoms with Crippen molar-refractivity contribution in [1.29, 1.82) is 0 Å². The van der Waals surface area contributed by atoms with E-state index in [1.165, 1.54) is 11.3 Å². The van der Waals surface area contributed by atoms with Crippen LogP contribution in [0.1, 0.15) is 39.7 Å². The Morgan fingerprint density at radius 3 is 2.68 bits per heavy atom. The van der Waals surface area contributed by atoms with Gasteiger partial charge in [-0.1, -0.05) is 30.3 Å². The summed E-state index contributed by atoms with van der Waals surface area (Å²) in [6, 6.07) is 9.30. The molecular formula is C15H14N2O4S. The van der Waals surface area contributed by atoms with Crippen LogP contribution in [0.15, 0.2) is 30.3 Å². The van der Waals surface area contributed by atoms with E-state index >= 15 is 0 Å². The van der Waals surface area contributed by atoms with Gasteiger partial charge in [-0.3, -0.25) is 5.32 Å². The fraction of sp³-hybridized carbons (Fsp3) is 0.267. The minimum absolute atomic E-state index is 0.0332. The number of nitrogens with one attached hydrogen (secondary N) is 1. The first-order valence-electron chi connectivity index (χ1n) is 6.85. The molecule has 0 unspecified atom stereocenters. The first-order valence-corrected chi connectivity index (χ1v) is 7.67. The first-order chi connectivity index (χ1) is 10.6. The highest BCUT2D eigenvalue weighted by atomic mass is 32.1. The average Bonchev–Trinajstić information content (AvgIpc) is 3.27. The fourth-order valence-corrected chi connectivity index (χ4v) is 3.12. The minimum atomic E-state index is -1.07. The van der Waals surface area contributed by atoms with Crippen molar-refractivity contribution in [3.63, 3.8) is 0 Å². The van der Waals surface area contributed by atoms with Crippen LogP contribution in [0.2, 0.25) is 0 Å². The number of nitrogens with zero attached hydrogens (tertiary/aromatic N) is 1. The summed E-state index contributed by atoms with van der Waals surface area (Å²) in [5.41, 5.74) is 0.910. The molecule has 1 aliphatic carbocycles. The summed E-state index contributed by atoms with van der Waals surface area (Å²) < 4.78 is 5.09. The highest BCUT2D eigenvalue weighted by Crippen LogP contribution is 2.45. The highest BCUT2D eigenvalue weighted by Gasteiger charge is 2.32. The molecule has 1 saturated carbocycles. The van der Waals surface area contributed by atoms with Crippen LogP contribution in [0.5, 0.6) is 0 Å². The van der Waals surface area contributed by atoms with E-state index < -0.39 is 12.1 Å². The molecule has 3 rings (SSSR count). The Morgan fingerprint density at radius 1 is 1.32 bits per heavy atom. The van der Waals surface area contributed by atoms with Gasteiger partial charge in [-0.05, 0) is 24.3 Å². The van der Waals surface area contributed by atoms with Crippen molar-refractivity contribution in [2.24, 2.45) is 0 Å². The molecule has 7 heteroatoms. The highest BCUT2D eigenvalue weighted by molar-refractivity contribution is 7.16. The molecule has 1 fully saturated rings. The Balaban J connectivity index is 1.61. The van der Waals surface area contributed by atoms with Crippen LogP contribution in [0.3, 0.4) is 0 Å². The molecule has 1 amide bonds. The minimum Gasteiger partial charge on any atom is -0.476 e. The first kappa shape index (κ1) is 14.5. The Bertz CT molecular complexity index is 695. The third-order valence-electron chi connectivity index (χ3n) is 3.23. The lowest BCUT2D eigenvalue weighted by molar-refractivity contribution is 0.0690. The molecule has 0 bridgehead atoms. The van der Waals surface area contributed by atoms with E-state index in [1.54, 1.807) is 0 Å². The summed E-state index contributed by atoms with van der Waals surface area (Å²) >= 11 is 1.20. The largest absolute Gasteiger partial charge is 0.476 e. The van der Waals surface area contributed by atoms with Crippen LogP contribution >= 0.6 is 11.3 Å². The topological polar surface area (TPSA) is 88.5 Å². The van der Waals surface area contributed by atoms with Crippen molar-refractivity contribution in [3.8, 4) is 0 Å². The van der Waals surface area contributed by atoms with Crippen LogP contribution in [0, 0.1) is 0 Å². The molecule has 0 radical (unpaired) electrons. The average molecular weight is 318 g/mol. The summed E-state index contributed by atoms with van der Waals surface area (Å²) in [7, 11) is 0. The van der Waals surface area contributed by atoms with E-state index in [0.29, 0.717) is 0 Å². The molecule has 22 heavy (non-hydrogen) atoms. The number of carbonyl (C=O) groups excluding carboxylic acids is 1. The maximum absolute atomic E-state index is 11.7. The van der Waals surface area contributed by atoms with Crippen molar-refractivity contribution in [1.82, 2.24) is 4.98 Å². The predicted molar refractivity (Wildman–Crippen MR) is 81.3 cm³/mol. The molecule has 1 aromatic carbocycles. The number of anilines is 1. The van der Waals surface area contributed by atoms with Crippen LogP contribution < -0.4 is 5.32 Å². The van der Waals surface area contributed by atoms with Crippen LogP contribution in [-0.2, 0) is 11.3 Å². The van der Waals surface area contributed by atoms with E-state index in [4.69, 9.17) is 9.84 Å². The second-order valence-corrected chi connectivity index (χ2v) is 6.03. The maximum atomic E-state index is 11.7. The monoisotopic (exact) mass is 318 g/mol. The number of hydrogen-bond donors (Lipinski definition) is 2. The summed E-state index contributed by atoms with van der Waals surface area (Å²) in [6.45, 7) is 0.152. The molecule has 1 aliphatic rings. The van der Waals surface area contributed by atoms with Crippen molar-refractivity contribution >= 4 is 28.5 Å². The summed E-state index contributed by atoms with van der Waals surface area (Å²) in [5.74, 6) is -0.802. The standard InChI is InChI=1S/C15H14N2O4S/c18-13(19)11-12(10-6-7-10)22-14(16-11)17-15(20)21-8-9-4-2-1-3-5-9/h1-5,10H,6-8H2,(H,18,19)(H,16,17,20). The number of aromatic carboxylic acids is 1. The number of rotatable bonds is 5. The van der Waals surface area contributed by atoms with Crippen LogP contribution in [0.25, 0.3) is 0 Å². The molecule has 114 valence electrons. The zero-order chi connectivity index (χ0) is 15.5. The summed E-state index contributed by atoms with van der Waals surface area (Å²) in [6.07, 6.45) is 1.30. The van der Waals surface area contributed by atoms with Gasteiger partial charge < -0.3 is 9.84 Å². The van der Waals surface area contributed by atoms with E-state index in [1.807, 2.05) is 30.3 Å². The zero-order valence-electron chi connectivity index (χ0n) is 11.6. The number of ether oxygens (including phenoxy) is 1. The Morgan fingerprint density at radius 2 is 2.05 bits per heavy atom. The van der Waals surface area contributed by atoms with E-state index in [-0.39, 0.29) is 23.4 Å². The lowest BCUT2D eigenvalue weighted by atomic mass is 10.2. The molecule has 2 aromatic rings. The molecular weight excluding hydrogens is 304 g/mol. The molecule has 0 aliphatic heterocycles. The molecule has 6 nitrogen and oxygen atoms in total. The number of benzene rings is 1. The van der Waals surface area contributed by atoms with Gasteiger partial charge in [-0.25, -0.2) is 14.6 Å². The van der Waals surface area contributed by atoms with Gasteiger partial charge in [-0.15, -0.1) is 11.3 Å². The zero-order valence-corrected chi connectivity index (χ0v) is 12.4. The third kappa shape index (κ3) is 3.43. The van der Waals surface area contributed by atoms with E-state index in [2.05, 4.69) is 10.3 Å². The van der Waals surface area contributed by atoms with E-state index in [0.717, 1.165) is 23.3 Å². The molecule has 2 N–H and O–H groups in total. The van der Waals surface area contributed by atoms with Crippen molar-refractivity contribution in [3.05, 3.63) is 46.5 Å². The number of aromatic nitrogens is 1. The van der Waals surface area contributed by atoms with Crippen molar-refractivity contribution < 1.29 is 19.4 Å². The van der Waals surface area contributed by atoms with Gasteiger partial charge >= 0.3 is 12.1 Å². The maximum Gasteiger partial charge on any atom is 0.413 e. The number of carboxylic acid groups (broad SMARTS) is 1. The summed E-state index contributed by atoms with van der Waals surface area (Å²) in [5, 5.41) is 11.9. The second kappa shape index (κ2) is 6.15. The SMILES string of the molecule is O=C(Nc1nc(C(=O)O)c(C2CC2)s1)OCc1ccccc1. The van der Waals surface area contributed by atoms with E-state index in [9.17, 15) is 9.59 Å². The lowest BCUT2D eigenvalue weighted by Gasteiger charge is -2.04. The smallest absolute Gasteiger partial charge is 0.413 e. The van der Waals surface area contributed by atoms with Gasteiger partial charge in [-0.2, -0.15) is 0 Å². The van der Waals surface area contributed by atoms with Crippen molar-refractivity contribution in [2.45, 2.75) is 25.4 Å². The number of hydrogen-bond acceptors (Lipinski definition) is 5. The molecule has 0 spiro atoms. The Labute approximate surface area is 130 Å². The van der Waals surface area contributed by atoms with Gasteiger partial charge in [0.25, 0.3) is 0 Å². The third-order valence-corrected chi connectivity index (χ3v) is 4.36. The molecule has 1 heterocycles. The molecule has 0 atom stereocenters. The number of carboxylic acids is 1.